The van der Waals surface area contributed by atoms with Crippen molar-refractivity contribution in [2.24, 2.45) is 10.4 Å². The zero-order valence-corrected chi connectivity index (χ0v) is 9.19. The van der Waals surface area contributed by atoms with Crippen LogP contribution in [0.25, 0.3) is 0 Å². The first-order valence-electron chi connectivity index (χ1n) is 5.73. The molecule has 1 N–H and O–H groups in total. The maximum atomic E-state index is 9.75. The first-order valence-corrected chi connectivity index (χ1v) is 5.73. The van der Waals surface area contributed by atoms with Crippen molar-refractivity contribution in [3.8, 4) is 0 Å². The lowest BCUT2D eigenvalue weighted by Gasteiger charge is -2.27. The molecule has 0 aromatic heterocycles. The van der Waals surface area contributed by atoms with E-state index in [0.717, 1.165) is 19.3 Å². The zero-order valence-electron chi connectivity index (χ0n) is 9.19. The van der Waals surface area contributed by atoms with Crippen molar-refractivity contribution in [3.63, 3.8) is 0 Å². The largest absolute Gasteiger partial charge is 0.395 e. The number of benzene rings is 1. The second kappa shape index (κ2) is 3.56. The third-order valence-corrected chi connectivity index (χ3v) is 3.81. The Hall–Kier alpha value is -1.41. The summed E-state index contributed by atoms with van der Waals surface area (Å²) >= 11 is 0. The molecule has 2 nitrogen and oxygen atoms in total. The maximum Gasteiger partial charge on any atom is 0.0531 e. The van der Waals surface area contributed by atoms with Gasteiger partial charge < -0.3 is 5.11 Å². The van der Waals surface area contributed by atoms with Crippen LogP contribution in [0.5, 0.6) is 0 Å². The minimum atomic E-state index is -0.0831. The van der Waals surface area contributed by atoms with Crippen LogP contribution in [0, 0.1) is 5.41 Å². The number of rotatable bonds is 2. The number of fused-ring (bicyclic) bond motifs is 1. The molecule has 0 saturated carbocycles. The summed E-state index contributed by atoms with van der Waals surface area (Å²) < 4.78 is 0. The standard InChI is InChI=1S/C14H15NO/c16-10-14(13-5-6-15-9-13)7-11-3-1-2-4-12(11)8-14/h1-4,6,9,16H,5,7-8,10H2. The van der Waals surface area contributed by atoms with Crippen LogP contribution in [0.3, 0.4) is 0 Å². The lowest BCUT2D eigenvalue weighted by atomic mass is 9.77. The van der Waals surface area contributed by atoms with E-state index in [-0.39, 0.29) is 12.0 Å². The van der Waals surface area contributed by atoms with Crippen LogP contribution in [0.15, 0.2) is 41.0 Å². The number of aliphatic hydroxyl groups excluding tert-OH is 1. The third kappa shape index (κ3) is 1.34. The molecule has 2 aliphatic rings. The average molecular weight is 213 g/mol. The Kier molecular flexibility index (Phi) is 2.18. The van der Waals surface area contributed by atoms with Gasteiger partial charge in [0.15, 0.2) is 0 Å². The predicted molar refractivity (Wildman–Crippen MR) is 64.6 cm³/mol. The highest BCUT2D eigenvalue weighted by Gasteiger charge is 2.39. The smallest absolute Gasteiger partial charge is 0.0531 e. The van der Waals surface area contributed by atoms with Crippen molar-refractivity contribution in [1.82, 2.24) is 0 Å². The number of hydrogen-bond acceptors (Lipinski definition) is 2. The van der Waals surface area contributed by atoms with Crippen molar-refractivity contribution >= 4 is 6.21 Å². The maximum absolute atomic E-state index is 9.75. The molecule has 1 aromatic carbocycles. The van der Waals surface area contributed by atoms with Gasteiger partial charge in [0.05, 0.1) is 6.61 Å². The van der Waals surface area contributed by atoms with Gasteiger partial charge in [0.1, 0.15) is 0 Å². The van der Waals surface area contributed by atoms with Gasteiger partial charge in [-0.15, -0.1) is 0 Å². The molecule has 0 spiro atoms. The summed E-state index contributed by atoms with van der Waals surface area (Å²) in [6.07, 6.45) is 6.66. The molecule has 1 aliphatic heterocycles. The summed E-state index contributed by atoms with van der Waals surface area (Å²) in [6.45, 7) is 0.219. The Morgan fingerprint density at radius 1 is 1.19 bits per heavy atom. The highest BCUT2D eigenvalue weighted by Crippen LogP contribution is 2.44. The van der Waals surface area contributed by atoms with Gasteiger partial charge in [0.2, 0.25) is 0 Å². The summed E-state index contributed by atoms with van der Waals surface area (Å²) in [5, 5.41) is 9.75. The van der Waals surface area contributed by atoms with E-state index in [2.05, 4.69) is 29.3 Å². The van der Waals surface area contributed by atoms with Crippen LogP contribution < -0.4 is 0 Å². The predicted octanol–water partition coefficient (Wildman–Crippen LogP) is 2.12. The molecule has 3 rings (SSSR count). The zero-order chi connectivity index (χ0) is 11.0. The quantitative estimate of drug-likeness (QED) is 0.802. The van der Waals surface area contributed by atoms with E-state index in [0.29, 0.717) is 0 Å². The fourth-order valence-corrected chi connectivity index (χ4v) is 2.83. The highest BCUT2D eigenvalue weighted by atomic mass is 16.3. The molecule has 1 aliphatic carbocycles. The summed E-state index contributed by atoms with van der Waals surface area (Å²) in [5.41, 5.74) is 3.96. The Balaban J connectivity index is 1.97. The monoisotopic (exact) mass is 213 g/mol. The molecule has 16 heavy (non-hydrogen) atoms. The summed E-state index contributed by atoms with van der Waals surface area (Å²) in [5.74, 6) is 0. The SMILES string of the molecule is OCC1(C2=CN=CC2)Cc2ccccc2C1. The van der Waals surface area contributed by atoms with E-state index < -0.39 is 0 Å². The normalized spacial score (nSPS) is 20.9. The van der Waals surface area contributed by atoms with Gasteiger partial charge in [0, 0.05) is 24.3 Å². The van der Waals surface area contributed by atoms with E-state index in [1.807, 2.05) is 12.4 Å². The Labute approximate surface area is 95.3 Å². The van der Waals surface area contributed by atoms with Crippen LogP contribution in [0.2, 0.25) is 0 Å². The molecule has 82 valence electrons. The fourth-order valence-electron chi connectivity index (χ4n) is 2.83. The van der Waals surface area contributed by atoms with E-state index in [1.54, 1.807) is 0 Å². The molecule has 0 bridgehead atoms. The second-order valence-electron chi connectivity index (χ2n) is 4.75. The van der Waals surface area contributed by atoms with Gasteiger partial charge in [-0.3, -0.25) is 4.99 Å². The van der Waals surface area contributed by atoms with E-state index in [4.69, 9.17) is 0 Å². The minimum Gasteiger partial charge on any atom is -0.395 e. The van der Waals surface area contributed by atoms with Crippen molar-refractivity contribution < 1.29 is 5.11 Å². The van der Waals surface area contributed by atoms with Crippen molar-refractivity contribution in [1.29, 1.82) is 0 Å². The molecule has 0 unspecified atom stereocenters. The molecule has 0 amide bonds. The Bertz CT molecular complexity index is 448. The topological polar surface area (TPSA) is 32.6 Å². The molecule has 1 heterocycles. The average Bonchev–Trinajstić information content (AvgIpc) is 2.96. The van der Waals surface area contributed by atoms with E-state index >= 15 is 0 Å². The fraction of sp³-hybridized carbons (Fsp3) is 0.357. The summed E-state index contributed by atoms with van der Waals surface area (Å²) in [4.78, 5) is 4.17. The minimum absolute atomic E-state index is 0.0831. The molecule has 0 radical (unpaired) electrons. The van der Waals surface area contributed by atoms with E-state index in [9.17, 15) is 5.11 Å². The van der Waals surface area contributed by atoms with Gasteiger partial charge in [-0.05, 0) is 29.5 Å². The summed E-state index contributed by atoms with van der Waals surface area (Å²) in [6, 6.07) is 8.49. The number of aliphatic hydroxyl groups is 1. The highest BCUT2D eigenvalue weighted by molar-refractivity contribution is 5.66. The van der Waals surface area contributed by atoms with Gasteiger partial charge in [-0.2, -0.15) is 0 Å². The third-order valence-electron chi connectivity index (χ3n) is 3.81. The Morgan fingerprint density at radius 3 is 2.38 bits per heavy atom. The molecule has 1 aromatic rings. The number of hydrogen-bond donors (Lipinski definition) is 1. The molecule has 2 heteroatoms. The lowest BCUT2D eigenvalue weighted by molar-refractivity contribution is 0.166. The van der Waals surface area contributed by atoms with E-state index in [1.165, 1.54) is 16.7 Å². The van der Waals surface area contributed by atoms with Crippen LogP contribution in [0.1, 0.15) is 17.5 Å². The van der Waals surface area contributed by atoms with Crippen molar-refractivity contribution in [3.05, 3.63) is 47.2 Å². The van der Waals surface area contributed by atoms with Gasteiger partial charge in [0.25, 0.3) is 0 Å². The van der Waals surface area contributed by atoms with Crippen LogP contribution >= 0.6 is 0 Å². The first-order chi connectivity index (χ1) is 7.84. The molecule has 0 fully saturated rings. The number of aliphatic imine (C=N–C) groups is 1. The summed E-state index contributed by atoms with van der Waals surface area (Å²) in [7, 11) is 0. The molecule has 0 atom stereocenters. The Morgan fingerprint density at radius 2 is 1.88 bits per heavy atom. The van der Waals surface area contributed by atoms with Gasteiger partial charge >= 0.3 is 0 Å². The van der Waals surface area contributed by atoms with Crippen LogP contribution in [-0.2, 0) is 12.8 Å². The van der Waals surface area contributed by atoms with Crippen LogP contribution in [0.4, 0.5) is 0 Å². The van der Waals surface area contributed by atoms with Crippen LogP contribution in [-0.4, -0.2) is 17.9 Å². The second-order valence-corrected chi connectivity index (χ2v) is 4.75. The van der Waals surface area contributed by atoms with Gasteiger partial charge in [-0.1, -0.05) is 24.3 Å². The molecular formula is C14H15NO. The first kappa shape index (κ1) is 9.79. The van der Waals surface area contributed by atoms with Crippen molar-refractivity contribution in [2.45, 2.75) is 19.3 Å². The lowest BCUT2D eigenvalue weighted by Crippen LogP contribution is -2.28. The van der Waals surface area contributed by atoms with Crippen molar-refractivity contribution in [2.75, 3.05) is 6.61 Å². The molecular weight excluding hydrogens is 198 g/mol. The number of nitrogens with zero attached hydrogens (tertiary/aromatic N) is 1. The molecule has 0 saturated heterocycles. The van der Waals surface area contributed by atoms with Gasteiger partial charge in [-0.25, -0.2) is 0 Å².